The summed E-state index contributed by atoms with van der Waals surface area (Å²) in [5, 5.41) is 0. The predicted molar refractivity (Wildman–Crippen MR) is 82.7 cm³/mol. The van der Waals surface area contributed by atoms with Crippen molar-refractivity contribution in [2.45, 2.75) is 50.3 Å². The van der Waals surface area contributed by atoms with Gasteiger partial charge in [0.2, 0.25) is 10.0 Å². The van der Waals surface area contributed by atoms with Crippen molar-refractivity contribution in [1.82, 2.24) is 4.72 Å². The van der Waals surface area contributed by atoms with Crippen LogP contribution in [0.5, 0.6) is 0 Å². The van der Waals surface area contributed by atoms with E-state index in [1.54, 1.807) is 0 Å². The highest BCUT2D eigenvalue weighted by Crippen LogP contribution is 2.22. The summed E-state index contributed by atoms with van der Waals surface area (Å²) in [6, 6.07) is 3.56. The first-order valence-electron chi connectivity index (χ1n) is 6.92. The van der Waals surface area contributed by atoms with E-state index in [1.807, 2.05) is 0 Å². The molecule has 0 heterocycles. The van der Waals surface area contributed by atoms with Crippen molar-refractivity contribution in [1.29, 1.82) is 0 Å². The van der Waals surface area contributed by atoms with Gasteiger partial charge in [-0.05, 0) is 40.5 Å². The number of unbranched alkanes of at least 4 members (excludes halogenated alkanes) is 5. The molecule has 0 saturated heterocycles. The topological polar surface area (TPSA) is 46.2 Å². The lowest BCUT2D eigenvalue weighted by atomic mass is 10.1. The summed E-state index contributed by atoms with van der Waals surface area (Å²) >= 11 is 3.07. The highest BCUT2D eigenvalue weighted by atomic mass is 79.9. The van der Waals surface area contributed by atoms with E-state index in [2.05, 4.69) is 27.6 Å². The largest absolute Gasteiger partial charge is 0.241 e. The van der Waals surface area contributed by atoms with Crippen molar-refractivity contribution < 1.29 is 12.8 Å². The number of sulfonamides is 1. The van der Waals surface area contributed by atoms with Crippen LogP contribution in [0.2, 0.25) is 0 Å². The number of benzene rings is 1. The maximum absolute atomic E-state index is 12.9. The third-order valence-electron chi connectivity index (χ3n) is 3.01. The number of halogens is 2. The first kappa shape index (κ1) is 17.6. The minimum absolute atomic E-state index is 0.0740. The van der Waals surface area contributed by atoms with E-state index in [0.717, 1.165) is 31.4 Å². The summed E-state index contributed by atoms with van der Waals surface area (Å²) in [7, 11) is -3.57. The van der Waals surface area contributed by atoms with Crippen molar-refractivity contribution in [2.75, 3.05) is 6.54 Å². The van der Waals surface area contributed by atoms with Crippen LogP contribution in [-0.4, -0.2) is 15.0 Å². The van der Waals surface area contributed by atoms with Crippen LogP contribution in [0.25, 0.3) is 0 Å². The Kier molecular flexibility index (Phi) is 7.69. The second-order valence-corrected chi connectivity index (χ2v) is 7.33. The Balaban J connectivity index is 2.42. The van der Waals surface area contributed by atoms with E-state index in [-0.39, 0.29) is 9.37 Å². The lowest BCUT2D eigenvalue weighted by Gasteiger charge is -2.08. The molecule has 6 heteroatoms. The molecule has 0 bridgehead atoms. The maximum Gasteiger partial charge on any atom is 0.241 e. The third-order valence-corrected chi connectivity index (χ3v) is 5.44. The van der Waals surface area contributed by atoms with Gasteiger partial charge in [-0.25, -0.2) is 17.5 Å². The van der Waals surface area contributed by atoms with E-state index in [0.29, 0.717) is 6.54 Å². The standard InChI is InChI=1S/C14H21BrFNO2S/c1-2-3-4-5-6-7-10-17-20(18,19)14-9-8-12(16)11-13(14)15/h8-9,11,17H,2-7,10H2,1H3. The van der Waals surface area contributed by atoms with Crippen LogP contribution in [0.15, 0.2) is 27.6 Å². The third kappa shape index (κ3) is 5.89. The van der Waals surface area contributed by atoms with Crippen molar-refractivity contribution in [2.24, 2.45) is 0 Å². The molecule has 0 aromatic heterocycles. The van der Waals surface area contributed by atoms with Gasteiger partial charge in [-0.2, -0.15) is 0 Å². The molecule has 1 aromatic rings. The SMILES string of the molecule is CCCCCCCCNS(=O)(=O)c1ccc(F)cc1Br. The average molecular weight is 366 g/mol. The molecule has 0 aliphatic carbocycles. The van der Waals surface area contributed by atoms with Crippen molar-refractivity contribution in [3.8, 4) is 0 Å². The molecular weight excluding hydrogens is 345 g/mol. The van der Waals surface area contributed by atoms with Crippen molar-refractivity contribution in [3.63, 3.8) is 0 Å². The normalized spacial score (nSPS) is 11.8. The van der Waals surface area contributed by atoms with E-state index in [4.69, 9.17) is 0 Å². The summed E-state index contributed by atoms with van der Waals surface area (Å²) in [6.45, 7) is 2.58. The molecule has 1 rings (SSSR count). The van der Waals surface area contributed by atoms with Crippen LogP contribution in [0.3, 0.4) is 0 Å². The molecular formula is C14H21BrFNO2S. The molecule has 0 radical (unpaired) electrons. The molecule has 0 aliphatic rings. The Labute approximate surface area is 129 Å². The fourth-order valence-electron chi connectivity index (χ4n) is 1.88. The summed E-state index contributed by atoms with van der Waals surface area (Å²) < 4.78 is 39.8. The Hall–Kier alpha value is -0.460. The molecule has 0 fully saturated rings. The second-order valence-electron chi connectivity index (χ2n) is 4.74. The number of hydrogen-bond donors (Lipinski definition) is 1. The van der Waals surface area contributed by atoms with Gasteiger partial charge in [0.25, 0.3) is 0 Å². The van der Waals surface area contributed by atoms with Crippen molar-refractivity contribution >= 4 is 26.0 Å². The zero-order valence-corrected chi connectivity index (χ0v) is 14.1. The predicted octanol–water partition coefficient (Wildman–Crippen LogP) is 4.23. The molecule has 0 amide bonds. The van der Waals surface area contributed by atoms with Gasteiger partial charge >= 0.3 is 0 Å². The highest BCUT2D eigenvalue weighted by Gasteiger charge is 2.17. The summed E-state index contributed by atoms with van der Waals surface area (Å²) in [5.41, 5.74) is 0. The van der Waals surface area contributed by atoms with Crippen LogP contribution >= 0.6 is 15.9 Å². The zero-order chi connectivity index (χ0) is 15.0. The Morgan fingerprint density at radius 2 is 1.80 bits per heavy atom. The second kappa shape index (κ2) is 8.74. The van der Waals surface area contributed by atoms with Gasteiger partial charge in [-0.15, -0.1) is 0 Å². The first-order valence-corrected chi connectivity index (χ1v) is 9.19. The molecule has 0 saturated carbocycles. The van der Waals surface area contributed by atoms with Gasteiger partial charge in [0.05, 0.1) is 4.90 Å². The molecule has 114 valence electrons. The van der Waals surface area contributed by atoms with Gasteiger partial charge in [0.1, 0.15) is 5.82 Å². The Morgan fingerprint density at radius 1 is 1.15 bits per heavy atom. The van der Waals surface area contributed by atoms with Gasteiger partial charge in [-0.1, -0.05) is 39.0 Å². The number of hydrogen-bond acceptors (Lipinski definition) is 2. The molecule has 0 atom stereocenters. The fourth-order valence-corrected chi connectivity index (χ4v) is 4.00. The zero-order valence-electron chi connectivity index (χ0n) is 11.7. The van der Waals surface area contributed by atoms with Gasteiger partial charge in [0.15, 0.2) is 0 Å². The Bertz CT molecular complexity index is 520. The molecule has 0 aliphatic heterocycles. The number of nitrogens with one attached hydrogen (secondary N) is 1. The van der Waals surface area contributed by atoms with Crippen LogP contribution in [0.4, 0.5) is 4.39 Å². The van der Waals surface area contributed by atoms with Crippen LogP contribution in [0.1, 0.15) is 45.4 Å². The molecule has 20 heavy (non-hydrogen) atoms. The van der Waals surface area contributed by atoms with Gasteiger partial charge in [-0.3, -0.25) is 0 Å². The van der Waals surface area contributed by atoms with E-state index in [1.165, 1.54) is 25.3 Å². The monoisotopic (exact) mass is 365 g/mol. The van der Waals surface area contributed by atoms with Crippen LogP contribution in [-0.2, 0) is 10.0 Å². The fraction of sp³-hybridized carbons (Fsp3) is 0.571. The lowest BCUT2D eigenvalue weighted by molar-refractivity contribution is 0.566. The molecule has 0 spiro atoms. The quantitative estimate of drug-likeness (QED) is 0.665. The molecule has 1 N–H and O–H groups in total. The van der Waals surface area contributed by atoms with Gasteiger partial charge < -0.3 is 0 Å². The minimum Gasteiger partial charge on any atom is -0.211 e. The molecule has 0 unspecified atom stereocenters. The van der Waals surface area contributed by atoms with Crippen molar-refractivity contribution in [3.05, 3.63) is 28.5 Å². The summed E-state index contributed by atoms with van der Waals surface area (Å²) in [6.07, 6.45) is 6.61. The summed E-state index contributed by atoms with van der Waals surface area (Å²) in [5.74, 6) is -0.466. The van der Waals surface area contributed by atoms with E-state index < -0.39 is 15.8 Å². The Morgan fingerprint density at radius 3 is 2.45 bits per heavy atom. The van der Waals surface area contributed by atoms with E-state index in [9.17, 15) is 12.8 Å². The van der Waals surface area contributed by atoms with E-state index >= 15 is 0 Å². The highest BCUT2D eigenvalue weighted by molar-refractivity contribution is 9.10. The van der Waals surface area contributed by atoms with Crippen LogP contribution in [0, 0.1) is 5.82 Å². The smallest absolute Gasteiger partial charge is 0.211 e. The minimum atomic E-state index is -3.57. The first-order chi connectivity index (χ1) is 9.47. The maximum atomic E-state index is 12.9. The summed E-state index contributed by atoms with van der Waals surface area (Å²) in [4.78, 5) is 0.0740. The van der Waals surface area contributed by atoms with Crippen LogP contribution < -0.4 is 4.72 Å². The number of rotatable bonds is 9. The molecule has 3 nitrogen and oxygen atoms in total. The molecule has 1 aromatic carbocycles. The average Bonchev–Trinajstić information content (AvgIpc) is 2.37. The lowest BCUT2D eigenvalue weighted by Crippen LogP contribution is -2.25. The van der Waals surface area contributed by atoms with Gasteiger partial charge in [0, 0.05) is 11.0 Å².